The van der Waals surface area contributed by atoms with Gasteiger partial charge in [-0.3, -0.25) is 4.99 Å². The van der Waals surface area contributed by atoms with Gasteiger partial charge in [0.05, 0.1) is 29.7 Å². The van der Waals surface area contributed by atoms with Crippen LogP contribution >= 0.6 is 11.6 Å². The van der Waals surface area contributed by atoms with Crippen LogP contribution in [0.2, 0.25) is 5.02 Å². The topological polar surface area (TPSA) is 26.5 Å². The van der Waals surface area contributed by atoms with Crippen LogP contribution in [0.3, 0.4) is 0 Å². The first-order valence-electron chi connectivity index (χ1n) is 5.61. The first kappa shape index (κ1) is 12.7. The highest BCUT2D eigenvalue weighted by Crippen LogP contribution is 2.28. The van der Waals surface area contributed by atoms with Crippen LogP contribution in [-0.4, -0.2) is 17.9 Å². The average Bonchev–Trinajstić information content (AvgIpc) is 2.68. The SMILES string of the molecule is COc1ccc(N=Cc2ccc(C)n2C)cc1Cl. The van der Waals surface area contributed by atoms with Crippen molar-refractivity contribution in [3.8, 4) is 5.75 Å². The van der Waals surface area contributed by atoms with E-state index in [1.54, 1.807) is 13.2 Å². The van der Waals surface area contributed by atoms with E-state index in [1.165, 1.54) is 5.69 Å². The predicted octanol–water partition coefficient (Wildman–Crippen LogP) is 3.75. The Hall–Kier alpha value is -1.74. The minimum absolute atomic E-state index is 0.565. The number of hydrogen-bond acceptors (Lipinski definition) is 2. The predicted molar refractivity (Wildman–Crippen MR) is 75.4 cm³/mol. The molecular weight excluding hydrogens is 248 g/mol. The van der Waals surface area contributed by atoms with Gasteiger partial charge in [-0.05, 0) is 37.3 Å². The van der Waals surface area contributed by atoms with Crippen LogP contribution in [0, 0.1) is 6.92 Å². The molecule has 18 heavy (non-hydrogen) atoms. The molecule has 1 heterocycles. The van der Waals surface area contributed by atoms with Crippen molar-refractivity contribution in [1.29, 1.82) is 0 Å². The number of rotatable bonds is 3. The summed E-state index contributed by atoms with van der Waals surface area (Å²) in [4.78, 5) is 4.40. The van der Waals surface area contributed by atoms with E-state index in [0.29, 0.717) is 10.8 Å². The Kier molecular flexibility index (Phi) is 3.72. The standard InChI is InChI=1S/C14H15ClN2O/c1-10-4-6-12(17(10)2)9-16-11-5-7-14(18-3)13(15)8-11/h4-9H,1-3H3. The summed E-state index contributed by atoms with van der Waals surface area (Å²) in [6.07, 6.45) is 1.82. The Morgan fingerprint density at radius 2 is 2.06 bits per heavy atom. The molecule has 3 nitrogen and oxygen atoms in total. The molecule has 0 aliphatic heterocycles. The summed E-state index contributed by atoms with van der Waals surface area (Å²) in [6, 6.07) is 9.56. The second kappa shape index (κ2) is 5.27. The van der Waals surface area contributed by atoms with Crippen LogP contribution in [0.4, 0.5) is 5.69 Å². The molecule has 0 radical (unpaired) electrons. The molecule has 2 aromatic rings. The van der Waals surface area contributed by atoms with Gasteiger partial charge in [0, 0.05) is 12.7 Å². The highest BCUT2D eigenvalue weighted by molar-refractivity contribution is 6.32. The smallest absolute Gasteiger partial charge is 0.137 e. The molecule has 0 aliphatic carbocycles. The molecule has 1 aromatic heterocycles. The van der Waals surface area contributed by atoms with Gasteiger partial charge in [0.2, 0.25) is 0 Å². The maximum Gasteiger partial charge on any atom is 0.137 e. The lowest BCUT2D eigenvalue weighted by Crippen LogP contribution is -1.96. The van der Waals surface area contributed by atoms with Gasteiger partial charge >= 0.3 is 0 Å². The lowest BCUT2D eigenvalue weighted by Gasteiger charge is -2.03. The van der Waals surface area contributed by atoms with Crippen molar-refractivity contribution in [2.24, 2.45) is 12.0 Å². The normalized spacial score (nSPS) is 11.1. The molecule has 0 spiro atoms. The fourth-order valence-electron chi connectivity index (χ4n) is 1.64. The van der Waals surface area contributed by atoms with E-state index in [2.05, 4.69) is 22.5 Å². The summed E-state index contributed by atoms with van der Waals surface area (Å²) < 4.78 is 7.18. The molecule has 1 aromatic carbocycles. The zero-order valence-electron chi connectivity index (χ0n) is 10.6. The number of methoxy groups -OCH3 is 1. The number of benzene rings is 1. The van der Waals surface area contributed by atoms with Crippen LogP contribution in [0.25, 0.3) is 0 Å². The van der Waals surface area contributed by atoms with Crippen LogP contribution in [0.1, 0.15) is 11.4 Å². The minimum Gasteiger partial charge on any atom is -0.495 e. The number of nitrogens with zero attached hydrogens (tertiary/aromatic N) is 2. The van der Waals surface area contributed by atoms with Crippen molar-refractivity contribution in [3.63, 3.8) is 0 Å². The van der Waals surface area contributed by atoms with Gasteiger partial charge in [-0.15, -0.1) is 0 Å². The Balaban J connectivity index is 2.24. The molecule has 0 amide bonds. The monoisotopic (exact) mass is 262 g/mol. The first-order chi connectivity index (χ1) is 8.61. The van der Waals surface area contributed by atoms with Crippen molar-refractivity contribution in [1.82, 2.24) is 4.57 Å². The largest absolute Gasteiger partial charge is 0.495 e. The number of ether oxygens (including phenoxy) is 1. The van der Waals surface area contributed by atoms with Gasteiger partial charge in [-0.2, -0.15) is 0 Å². The summed E-state index contributed by atoms with van der Waals surface area (Å²) in [7, 11) is 3.61. The lowest BCUT2D eigenvalue weighted by molar-refractivity contribution is 0.415. The van der Waals surface area contributed by atoms with Crippen molar-refractivity contribution in [2.75, 3.05) is 7.11 Å². The average molecular weight is 263 g/mol. The first-order valence-corrected chi connectivity index (χ1v) is 5.99. The molecule has 0 saturated carbocycles. The fourth-order valence-corrected chi connectivity index (χ4v) is 1.89. The Morgan fingerprint density at radius 3 is 2.61 bits per heavy atom. The summed E-state index contributed by atoms with van der Waals surface area (Å²) in [5.41, 5.74) is 3.06. The minimum atomic E-state index is 0.565. The molecule has 0 unspecified atom stereocenters. The summed E-state index contributed by atoms with van der Waals surface area (Å²) >= 11 is 6.04. The maximum atomic E-state index is 6.04. The highest BCUT2D eigenvalue weighted by Gasteiger charge is 2.01. The third-order valence-electron chi connectivity index (χ3n) is 2.89. The second-order valence-electron chi connectivity index (χ2n) is 4.04. The van der Waals surface area contributed by atoms with E-state index in [1.807, 2.05) is 31.5 Å². The van der Waals surface area contributed by atoms with E-state index < -0.39 is 0 Å². The molecule has 0 aliphatic rings. The molecular formula is C14H15ClN2O. The van der Waals surface area contributed by atoms with E-state index in [-0.39, 0.29) is 0 Å². The quantitative estimate of drug-likeness (QED) is 0.774. The fraction of sp³-hybridized carbons (Fsp3) is 0.214. The zero-order valence-corrected chi connectivity index (χ0v) is 11.4. The zero-order chi connectivity index (χ0) is 13.1. The summed E-state index contributed by atoms with van der Waals surface area (Å²) in [5, 5.41) is 0.565. The van der Waals surface area contributed by atoms with Crippen molar-refractivity contribution in [2.45, 2.75) is 6.92 Å². The number of halogens is 1. The van der Waals surface area contributed by atoms with Crippen LogP contribution in [0.15, 0.2) is 35.3 Å². The number of aliphatic imine (C=N–C) groups is 1. The van der Waals surface area contributed by atoms with Gasteiger partial charge in [-0.25, -0.2) is 0 Å². The highest BCUT2D eigenvalue weighted by atomic mass is 35.5. The van der Waals surface area contributed by atoms with E-state index in [4.69, 9.17) is 16.3 Å². The molecule has 0 fully saturated rings. The maximum absolute atomic E-state index is 6.04. The van der Waals surface area contributed by atoms with Crippen molar-refractivity contribution < 1.29 is 4.74 Å². The number of aromatic nitrogens is 1. The van der Waals surface area contributed by atoms with E-state index in [0.717, 1.165) is 11.4 Å². The Labute approximate surface area is 112 Å². The number of aryl methyl sites for hydroxylation is 1. The van der Waals surface area contributed by atoms with Crippen LogP contribution < -0.4 is 4.74 Å². The van der Waals surface area contributed by atoms with Gasteiger partial charge in [0.25, 0.3) is 0 Å². The van der Waals surface area contributed by atoms with E-state index >= 15 is 0 Å². The van der Waals surface area contributed by atoms with Crippen molar-refractivity contribution >= 4 is 23.5 Å². The molecule has 0 saturated heterocycles. The molecule has 0 bridgehead atoms. The third-order valence-corrected chi connectivity index (χ3v) is 3.19. The molecule has 0 atom stereocenters. The van der Waals surface area contributed by atoms with Gasteiger partial charge in [-0.1, -0.05) is 11.6 Å². The van der Waals surface area contributed by atoms with Crippen LogP contribution in [-0.2, 0) is 7.05 Å². The summed E-state index contributed by atoms with van der Waals surface area (Å²) in [5.74, 6) is 0.658. The summed E-state index contributed by atoms with van der Waals surface area (Å²) in [6.45, 7) is 2.06. The Morgan fingerprint density at radius 1 is 1.28 bits per heavy atom. The van der Waals surface area contributed by atoms with Gasteiger partial charge in [0.1, 0.15) is 5.75 Å². The molecule has 0 N–H and O–H groups in total. The van der Waals surface area contributed by atoms with Crippen molar-refractivity contribution in [3.05, 3.63) is 46.7 Å². The van der Waals surface area contributed by atoms with E-state index in [9.17, 15) is 0 Å². The Bertz CT molecular complexity index is 587. The molecule has 2 rings (SSSR count). The second-order valence-corrected chi connectivity index (χ2v) is 4.44. The number of hydrogen-bond donors (Lipinski definition) is 0. The molecule has 94 valence electrons. The van der Waals surface area contributed by atoms with Crippen LogP contribution in [0.5, 0.6) is 5.75 Å². The molecule has 4 heteroatoms. The van der Waals surface area contributed by atoms with Gasteiger partial charge < -0.3 is 9.30 Å². The third kappa shape index (κ3) is 2.57. The lowest BCUT2D eigenvalue weighted by atomic mass is 10.3. The van der Waals surface area contributed by atoms with Gasteiger partial charge in [0.15, 0.2) is 0 Å².